The van der Waals surface area contributed by atoms with E-state index in [1.165, 1.54) is 11.7 Å². The molecular formula is C7H5N2S. The SMILES string of the molecule is Cc1[c]ccc2nsnc12. The molecule has 2 aromatic rings. The fourth-order valence-electron chi connectivity index (χ4n) is 0.879. The van der Waals surface area contributed by atoms with Gasteiger partial charge in [-0.1, -0.05) is 6.07 Å². The lowest BCUT2D eigenvalue weighted by Crippen LogP contribution is -1.74. The van der Waals surface area contributed by atoms with Crippen LogP contribution in [0.15, 0.2) is 12.1 Å². The van der Waals surface area contributed by atoms with Crippen molar-refractivity contribution in [2.24, 2.45) is 0 Å². The Morgan fingerprint density at radius 2 is 2.40 bits per heavy atom. The van der Waals surface area contributed by atoms with E-state index in [1.807, 2.05) is 19.1 Å². The molecule has 0 fully saturated rings. The first-order chi connectivity index (χ1) is 4.88. The summed E-state index contributed by atoms with van der Waals surface area (Å²) in [5.74, 6) is 0. The van der Waals surface area contributed by atoms with Gasteiger partial charge in [-0.3, -0.25) is 0 Å². The molecule has 0 aliphatic heterocycles. The lowest BCUT2D eigenvalue weighted by Gasteiger charge is -1.87. The van der Waals surface area contributed by atoms with E-state index >= 15 is 0 Å². The molecule has 1 aromatic carbocycles. The minimum Gasteiger partial charge on any atom is -0.173 e. The molecule has 49 valence electrons. The third-order valence-electron chi connectivity index (χ3n) is 1.41. The summed E-state index contributed by atoms with van der Waals surface area (Å²) < 4.78 is 8.21. The van der Waals surface area contributed by atoms with Crippen LogP contribution >= 0.6 is 11.7 Å². The van der Waals surface area contributed by atoms with Gasteiger partial charge in [0.25, 0.3) is 0 Å². The summed E-state index contributed by atoms with van der Waals surface area (Å²) in [5, 5.41) is 0. The smallest absolute Gasteiger partial charge is 0.108 e. The summed E-state index contributed by atoms with van der Waals surface area (Å²) in [6.07, 6.45) is 0. The third-order valence-corrected chi connectivity index (χ3v) is 1.95. The molecule has 1 aromatic heterocycles. The van der Waals surface area contributed by atoms with Crippen LogP contribution in [-0.4, -0.2) is 8.75 Å². The van der Waals surface area contributed by atoms with Gasteiger partial charge in [-0.05, 0) is 24.6 Å². The van der Waals surface area contributed by atoms with Crippen LogP contribution in [0.4, 0.5) is 0 Å². The maximum Gasteiger partial charge on any atom is 0.108 e. The lowest BCUT2D eigenvalue weighted by molar-refractivity contribution is 1.47. The Morgan fingerprint density at radius 3 is 3.20 bits per heavy atom. The molecule has 0 N–H and O–H groups in total. The van der Waals surface area contributed by atoms with Crippen molar-refractivity contribution in [3.63, 3.8) is 0 Å². The predicted molar refractivity (Wildman–Crippen MR) is 41.0 cm³/mol. The van der Waals surface area contributed by atoms with Gasteiger partial charge in [-0.25, -0.2) is 0 Å². The maximum absolute atomic E-state index is 4.12. The molecule has 0 amide bonds. The van der Waals surface area contributed by atoms with Gasteiger partial charge in [-0.2, -0.15) is 8.75 Å². The van der Waals surface area contributed by atoms with Gasteiger partial charge in [0.15, 0.2) is 0 Å². The number of nitrogens with zero attached hydrogens (tertiary/aromatic N) is 2. The molecule has 0 aliphatic rings. The average Bonchev–Trinajstić information content (AvgIpc) is 2.36. The normalized spacial score (nSPS) is 10.5. The molecule has 0 saturated heterocycles. The van der Waals surface area contributed by atoms with Crippen LogP contribution in [0.25, 0.3) is 11.0 Å². The molecule has 3 heteroatoms. The number of benzene rings is 1. The number of hydrogen-bond donors (Lipinski definition) is 0. The standard InChI is InChI=1S/C7H5N2S/c1-5-3-2-4-6-7(5)9-10-8-6/h2,4H,1H3. The Hall–Kier alpha value is -0.960. The molecular weight excluding hydrogens is 144 g/mol. The average molecular weight is 149 g/mol. The fourth-order valence-corrected chi connectivity index (χ4v) is 1.47. The molecule has 0 bridgehead atoms. The van der Waals surface area contributed by atoms with E-state index in [0.717, 1.165) is 16.6 Å². The third kappa shape index (κ3) is 0.708. The first kappa shape index (κ1) is 5.80. The zero-order valence-electron chi connectivity index (χ0n) is 5.46. The number of hydrogen-bond acceptors (Lipinski definition) is 3. The van der Waals surface area contributed by atoms with Crippen LogP contribution in [0.3, 0.4) is 0 Å². The van der Waals surface area contributed by atoms with Crippen molar-refractivity contribution in [3.8, 4) is 0 Å². The van der Waals surface area contributed by atoms with E-state index in [4.69, 9.17) is 0 Å². The molecule has 2 rings (SSSR count). The van der Waals surface area contributed by atoms with Gasteiger partial charge in [0.1, 0.15) is 11.0 Å². The van der Waals surface area contributed by atoms with Crippen molar-refractivity contribution in [3.05, 3.63) is 23.8 Å². The predicted octanol–water partition coefficient (Wildman–Crippen LogP) is 1.80. The molecule has 0 aliphatic carbocycles. The molecule has 0 spiro atoms. The van der Waals surface area contributed by atoms with Crippen LogP contribution in [-0.2, 0) is 0 Å². The van der Waals surface area contributed by atoms with Crippen molar-refractivity contribution in [2.75, 3.05) is 0 Å². The van der Waals surface area contributed by atoms with E-state index in [2.05, 4.69) is 14.8 Å². The molecule has 1 heterocycles. The Balaban J connectivity index is 2.95. The van der Waals surface area contributed by atoms with E-state index in [-0.39, 0.29) is 0 Å². The first-order valence-electron chi connectivity index (χ1n) is 2.97. The highest BCUT2D eigenvalue weighted by Crippen LogP contribution is 2.13. The van der Waals surface area contributed by atoms with Gasteiger partial charge in [0.2, 0.25) is 0 Å². The minimum absolute atomic E-state index is 0.973. The highest BCUT2D eigenvalue weighted by Gasteiger charge is 1.98. The molecule has 0 atom stereocenters. The van der Waals surface area contributed by atoms with Gasteiger partial charge >= 0.3 is 0 Å². The largest absolute Gasteiger partial charge is 0.173 e. The monoisotopic (exact) mass is 149 g/mol. The van der Waals surface area contributed by atoms with Crippen molar-refractivity contribution in [2.45, 2.75) is 6.92 Å². The van der Waals surface area contributed by atoms with Gasteiger partial charge < -0.3 is 0 Å². The number of aryl methyl sites for hydroxylation is 1. The van der Waals surface area contributed by atoms with Crippen molar-refractivity contribution in [1.29, 1.82) is 0 Å². The number of aromatic nitrogens is 2. The molecule has 10 heavy (non-hydrogen) atoms. The molecule has 2 nitrogen and oxygen atoms in total. The Kier molecular flexibility index (Phi) is 1.17. The second-order valence-electron chi connectivity index (χ2n) is 2.10. The van der Waals surface area contributed by atoms with Crippen LogP contribution in [0.1, 0.15) is 5.56 Å². The van der Waals surface area contributed by atoms with Crippen molar-refractivity contribution in [1.82, 2.24) is 8.75 Å². The second-order valence-corrected chi connectivity index (χ2v) is 2.63. The summed E-state index contributed by atoms with van der Waals surface area (Å²) in [6.45, 7) is 1.99. The summed E-state index contributed by atoms with van der Waals surface area (Å²) in [5.41, 5.74) is 3.03. The highest BCUT2D eigenvalue weighted by atomic mass is 32.1. The van der Waals surface area contributed by atoms with Crippen LogP contribution in [0.2, 0.25) is 0 Å². The Bertz CT molecular complexity index is 353. The Morgan fingerprint density at radius 1 is 1.50 bits per heavy atom. The van der Waals surface area contributed by atoms with E-state index in [0.29, 0.717) is 0 Å². The second kappa shape index (κ2) is 2.02. The van der Waals surface area contributed by atoms with Crippen molar-refractivity contribution < 1.29 is 0 Å². The maximum atomic E-state index is 4.12. The number of rotatable bonds is 0. The van der Waals surface area contributed by atoms with Crippen LogP contribution in [0.5, 0.6) is 0 Å². The summed E-state index contributed by atoms with van der Waals surface area (Å²) >= 11 is 1.25. The summed E-state index contributed by atoms with van der Waals surface area (Å²) in [6, 6.07) is 6.86. The lowest BCUT2D eigenvalue weighted by atomic mass is 10.2. The summed E-state index contributed by atoms with van der Waals surface area (Å²) in [4.78, 5) is 0. The van der Waals surface area contributed by atoms with Crippen LogP contribution < -0.4 is 0 Å². The highest BCUT2D eigenvalue weighted by molar-refractivity contribution is 7.00. The first-order valence-corrected chi connectivity index (χ1v) is 3.70. The summed E-state index contributed by atoms with van der Waals surface area (Å²) in [7, 11) is 0. The Labute approximate surface area is 62.8 Å². The molecule has 0 unspecified atom stereocenters. The van der Waals surface area contributed by atoms with E-state index < -0.39 is 0 Å². The minimum atomic E-state index is 0.973. The van der Waals surface area contributed by atoms with E-state index in [9.17, 15) is 0 Å². The zero-order valence-corrected chi connectivity index (χ0v) is 6.27. The van der Waals surface area contributed by atoms with Gasteiger partial charge in [-0.15, -0.1) is 0 Å². The quantitative estimate of drug-likeness (QED) is 0.570. The number of fused-ring (bicyclic) bond motifs is 1. The fraction of sp³-hybridized carbons (Fsp3) is 0.143. The molecule has 0 saturated carbocycles. The topological polar surface area (TPSA) is 25.8 Å². The van der Waals surface area contributed by atoms with E-state index in [1.54, 1.807) is 0 Å². The van der Waals surface area contributed by atoms with Crippen LogP contribution in [0, 0.1) is 13.0 Å². The van der Waals surface area contributed by atoms with Gasteiger partial charge in [0, 0.05) is 0 Å². The van der Waals surface area contributed by atoms with Gasteiger partial charge in [0.05, 0.1) is 11.7 Å². The zero-order chi connectivity index (χ0) is 6.97. The van der Waals surface area contributed by atoms with Crippen molar-refractivity contribution >= 4 is 22.8 Å². The molecule has 1 radical (unpaired) electrons.